The normalized spacial score (nSPS) is 12.2. The maximum atomic E-state index is 11.8. The minimum Gasteiger partial charge on any atom is -0.463 e. The van der Waals surface area contributed by atoms with Crippen LogP contribution >= 0.6 is 0 Å². The first-order valence-corrected chi connectivity index (χ1v) is 12.6. The number of aliphatic hydroxyl groups excluding tert-OH is 1. The Morgan fingerprint density at radius 2 is 1.14 bits per heavy atom. The standard InChI is InChI=1S/C25H50O4/c1-3-5-7-8-9-10-11-12-13-14-15-16-17-18-19-20-25(27)29-23-24(22-26)28-21-6-4-2/h24,26H,3-23H2,1-2H3. The van der Waals surface area contributed by atoms with Crippen molar-refractivity contribution in [3.05, 3.63) is 0 Å². The highest BCUT2D eigenvalue weighted by atomic mass is 16.6. The highest BCUT2D eigenvalue weighted by molar-refractivity contribution is 5.69. The van der Waals surface area contributed by atoms with Crippen LogP contribution in [0.5, 0.6) is 0 Å². The summed E-state index contributed by atoms with van der Waals surface area (Å²) in [6, 6.07) is 0. The van der Waals surface area contributed by atoms with Gasteiger partial charge in [-0.05, 0) is 12.8 Å². The van der Waals surface area contributed by atoms with Crippen LogP contribution in [-0.4, -0.2) is 37.0 Å². The number of aliphatic hydroxyl groups is 1. The highest BCUT2D eigenvalue weighted by Gasteiger charge is 2.11. The first kappa shape index (κ1) is 28.4. The molecule has 0 fully saturated rings. The van der Waals surface area contributed by atoms with Gasteiger partial charge in [0, 0.05) is 13.0 Å². The minimum atomic E-state index is -0.383. The Labute approximate surface area is 181 Å². The number of carbonyl (C=O) groups excluding carboxylic acids is 1. The molecule has 0 aliphatic rings. The van der Waals surface area contributed by atoms with Crippen LogP contribution in [0.25, 0.3) is 0 Å². The van der Waals surface area contributed by atoms with Crippen LogP contribution in [0.3, 0.4) is 0 Å². The lowest BCUT2D eigenvalue weighted by atomic mass is 10.0. The summed E-state index contributed by atoms with van der Waals surface area (Å²) in [6.45, 7) is 5.04. The van der Waals surface area contributed by atoms with Gasteiger partial charge < -0.3 is 14.6 Å². The summed E-state index contributed by atoms with van der Waals surface area (Å²) in [5.74, 6) is -0.169. The number of unbranched alkanes of at least 4 members (excludes halogenated alkanes) is 15. The van der Waals surface area contributed by atoms with E-state index in [1.54, 1.807) is 0 Å². The van der Waals surface area contributed by atoms with Gasteiger partial charge in [-0.2, -0.15) is 0 Å². The van der Waals surface area contributed by atoms with Crippen molar-refractivity contribution in [2.45, 2.75) is 136 Å². The monoisotopic (exact) mass is 414 g/mol. The smallest absolute Gasteiger partial charge is 0.305 e. The summed E-state index contributed by atoms with van der Waals surface area (Å²) in [7, 11) is 0. The molecular weight excluding hydrogens is 364 g/mol. The fraction of sp³-hybridized carbons (Fsp3) is 0.960. The summed E-state index contributed by atoms with van der Waals surface area (Å²) in [6.07, 6.45) is 21.9. The molecule has 0 heterocycles. The molecule has 0 amide bonds. The van der Waals surface area contributed by atoms with Crippen molar-refractivity contribution < 1.29 is 19.4 Å². The molecule has 0 saturated carbocycles. The molecule has 0 aromatic heterocycles. The average molecular weight is 415 g/mol. The number of hydrogen-bond acceptors (Lipinski definition) is 4. The van der Waals surface area contributed by atoms with E-state index in [2.05, 4.69) is 13.8 Å². The molecule has 4 nitrogen and oxygen atoms in total. The Morgan fingerprint density at radius 1 is 0.690 bits per heavy atom. The van der Waals surface area contributed by atoms with E-state index in [4.69, 9.17) is 9.47 Å². The molecule has 0 saturated heterocycles. The molecule has 4 heteroatoms. The van der Waals surface area contributed by atoms with Gasteiger partial charge in [-0.15, -0.1) is 0 Å². The third-order valence-corrected chi connectivity index (χ3v) is 5.47. The summed E-state index contributed by atoms with van der Waals surface area (Å²) in [5, 5.41) is 9.24. The van der Waals surface area contributed by atoms with E-state index >= 15 is 0 Å². The van der Waals surface area contributed by atoms with Crippen molar-refractivity contribution in [2.75, 3.05) is 19.8 Å². The molecule has 0 rings (SSSR count). The predicted molar refractivity (Wildman–Crippen MR) is 122 cm³/mol. The zero-order chi connectivity index (χ0) is 21.4. The molecule has 0 aromatic rings. The van der Waals surface area contributed by atoms with Crippen molar-refractivity contribution in [1.29, 1.82) is 0 Å². The second-order valence-corrected chi connectivity index (χ2v) is 8.41. The van der Waals surface area contributed by atoms with E-state index in [0.717, 1.165) is 25.7 Å². The number of esters is 1. The van der Waals surface area contributed by atoms with Crippen LogP contribution in [0, 0.1) is 0 Å². The molecule has 1 unspecified atom stereocenters. The zero-order valence-electron chi connectivity index (χ0n) is 19.6. The second-order valence-electron chi connectivity index (χ2n) is 8.41. The van der Waals surface area contributed by atoms with Crippen LogP contribution in [0.4, 0.5) is 0 Å². The summed E-state index contributed by atoms with van der Waals surface area (Å²) in [5.41, 5.74) is 0. The van der Waals surface area contributed by atoms with Gasteiger partial charge >= 0.3 is 5.97 Å². The van der Waals surface area contributed by atoms with Gasteiger partial charge in [0.15, 0.2) is 0 Å². The van der Waals surface area contributed by atoms with E-state index in [1.807, 2.05) is 0 Å². The molecule has 0 aliphatic carbocycles. The highest BCUT2D eigenvalue weighted by Crippen LogP contribution is 2.13. The van der Waals surface area contributed by atoms with Gasteiger partial charge in [-0.25, -0.2) is 0 Å². The van der Waals surface area contributed by atoms with Crippen molar-refractivity contribution in [3.63, 3.8) is 0 Å². The van der Waals surface area contributed by atoms with E-state index < -0.39 is 0 Å². The Hall–Kier alpha value is -0.610. The molecule has 1 atom stereocenters. The fourth-order valence-electron chi connectivity index (χ4n) is 3.45. The Kier molecular flexibility index (Phi) is 23.2. The fourth-order valence-corrected chi connectivity index (χ4v) is 3.45. The van der Waals surface area contributed by atoms with E-state index in [9.17, 15) is 9.90 Å². The van der Waals surface area contributed by atoms with Crippen LogP contribution in [-0.2, 0) is 14.3 Å². The molecule has 0 aliphatic heterocycles. The summed E-state index contributed by atoms with van der Waals surface area (Å²) >= 11 is 0. The van der Waals surface area contributed by atoms with E-state index in [0.29, 0.717) is 13.0 Å². The largest absolute Gasteiger partial charge is 0.463 e. The lowest BCUT2D eigenvalue weighted by molar-refractivity contribution is -0.149. The second kappa shape index (κ2) is 23.7. The average Bonchev–Trinajstić information content (AvgIpc) is 2.73. The molecule has 0 aromatic carbocycles. The lowest BCUT2D eigenvalue weighted by Gasteiger charge is -2.15. The first-order valence-electron chi connectivity index (χ1n) is 12.6. The van der Waals surface area contributed by atoms with Gasteiger partial charge in [-0.3, -0.25) is 4.79 Å². The molecule has 29 heavy (non-hydrogen) atoms. The molecular formula is C25H50O4. The van der Waals surface area contributed by atoms with Gasteiger partial charge in [0.1, 0.15) is 12.7 Å². The molecule has 174 valence electrons. The van der Waals surface area contributed by atoms with E-state index in [-0.39, 0.29) is 25.3 Å². The van der Waals surface area contributed by atoms with Crippen molar-refractivity contribution in [1.82, 2.24) is 0 Å². The van der Waals surface area contributed by atoms with Crippen LogP contribution in [0.2, 0.25) is 0 Å². The number of rotatable bonds is 23. The topological polar surface area (TPSA) is 55.8 Å². The molecule has 1 N–H and O–H groups in total. The quantitative estimate of drug-likeness (QED) is 0.145. The third-order valence-electron chi connectivity index (χ3n) is 5.47. The number of hydrogen-bond donors (Lipinski definition) is 1. The summed E-state index contributed by atoms with van der Waals surface area (Å²) < 4.78 is 10.7. The zero-order valence-corrected chi connectivity index (χ0v) is 19.6. The van der Waals surface area contributed by atoms with E-state index in [1.165, 1.54) is 83.5 Å². The molecule has 0 spiro atoms. The summed E-state index contributed by atoms with van der Waals surface area (Å²) in [4.78, 5) is 11.8. The van der Waals surface area contributed by atoms with Gasteiger partial charge in [0.05, 0.1) is 6.61 Å². The molecule has 0 bridgehead atoms. The van der Waals surface area contributed by atoms with Crippen LogP contribution < -0.4 is 0 Å². The Bertz CT molecular complexity index is 333. The van der Waals surface area contributed by atoms with Gasteiger partial charge in [0.25, 0.3) is 0 Å². The maximum Gasteiger partial charge on any atom is 0.305 e. The number of carbonyl (C=O) groups is 1. The van der Waals surface area contributed by atoms with Gasteiger partial charge in [0.2, 0.25) is 0 Å². The Morgan fingerprint density at radius 3 is 1.59 bits per heavy atom. The molecule has 0 radical (unpaired) electrons. The minimum absolute atomic E-state index is 0.101. The van der Waals surface area contributed by atoms with Crippen LogP contribution in [0.15, 0.2) is 0 Å². The first-order chi connectivity index (χ1) is 14.2. The lowest BCUT2D eigenvalue weighted by Crippen LogP contribution is -2.26. The maximum absolute atomic E-state index is 11.8. The SMILES string of the molecule is CCCCCCCCCCCCCCCCCC(=O)OCC(CO)OCCCC. The van der Waals surface area contributed by atoms with Crippen molar-refractivity contribution in [2.24, 2.45) is 0 Å². The van der Waals surface area contributed by atoms with Crippen molar-refractivity contribution >= 4 is 5.97 Å². The Balaban J connectivity index is 3.30. The van der Waals surface area contributed by atoms with Crippen LogP contribution in [0.1, 0.15) is 129 Å². The number of ether oxygens (including phenoxy) is 2. The third kappa shape index (κ3) is 21.9. The van der Waals surface area contributed by atoms with Gasteiger partial charge in [-0.1, -0.05) is 110 Å². The van der Waals surface area contributed by atoms with Crippen molar-refractivity contribution in [3.8, 4) is 0 Å². The predicted octanol–water partition coefficient (Wildman–Crippen LogP) is 6.97.